The molecule has 0 saturated heterocycles. The Labute approximate surface area is 96.7 Å². The van der Waals surface area contributed by atoms with Gasteiger partial charge in [-0.2, -0.15) is 0 Å². The number of rotatable bonds is 7. The number of nitrogens with one attached hydrogen (secondary N) is 1. The molecule has 0 aliphatic rings. The second-order valence-corrected chi connectivity index (χ2v) is 3.85. The SMILES string of the molecule is CCC(C)CNc1ccc(OCCO)nc1. The van der Waals surface area contributed by atoms with Crippen molar-refractivity contribution >= 4 is 5.69 Å². The molecule has 0 spiro atoms. The first kappa shape index (κ1) is 12.8. The second-order valence-electron chi connectivity index (χ2n) is 3.85. The van der Waals surface area contributed by atoms with Gasteiger partial charge in [-0.1, -0.05) is 20.3 Å². The van der Waals surface area contributed by atoms with Gasteiger partial charge in [0.25, 0.3) is 0 Å². The van der Waals surface area contributed by atoms with Gasteiger partial charge in [0.15, 0.2) is 0 Å². The van der Waals surface area contributed by atoms with E-state index in [1.165, 1.54) is 0 Å². The molecule has 0 radical (unpaired) electrons. The first-order chi connectivity index (χ1) is 7.76. The van der Waals surface area contributed by atoms with E-state index in [0.717, 1.165) is 18.7 Å². The average Bonchev–Trinajstić information content (AvgIpc) is 2.34. The minimum Gasteiger partial charge on any atom is -0.475 e. The predicted molar refractivity (Wildman–Crippen MR) is 64.8 cm³/mol. The van der Waals surface area contributed by atoms with Crippen LogP contribution in [0.5, 0.6) is 5.88 Å². The van der Waals surface area contributed by atoms with Crippen LogP contribution in [0.1, 0.15) is 20.3 Å². The lowest BCUT2D eigenvalue weighted by Crippen LogP contribution is -2.10. The number of ether oxygens (including phenoxy) is 1. The van der Waals surface area contributed by atoms with Crippen LogP contribution in [0.25, 0.3) is 0 Å². The van der Waals surface area contributed by atoms with E-state index in [1.807, 2.05) is 6.07 Å². The van der Waals surface area contributed by atoms with Gasteiger partial charge in [-0.05, 0) is 12.0 Å². The van der Waals surface area contributed by atoms with E-state index in [0.29, 0.717) is 11.8 Å². The number of pyridine rings is 1. The highest BCUT2D eigenvalue weighted by Gasteiger charge is 1.99. The van der Waals surface area contributed by atoms with Crippen LogP contribution in [0.3, 0.4) is 0 Å². The van der Waals surface area contributed by atoms with Gasteiger partial charge in [-0.3, -0.25) is 0 Å². The normalized spacial score (nSPS) is 12.2. The molecule has 0 bridgehead atoms. The molecule has 4 heteroatoms. The van der Waals surface area contributed by atoms with Gasteiger partial charge in [0.2, 0.25) is 5.88 Å². The molecule has 16 heavy (non-hydrogen) atoms. The highest BCUT2D eigenvalue weighted by molar-refractivity contribution is 5.41. The molecule has 0 aliphatic carbocycles. The van der Waals surface area contributed by atoms with E-state index in [2.05, 4.69) is 24.1 Å². The molecule has 0 fully saturated rings. The third-order valence-electron chi connectivity index (χ3n) is 2.43. The Balaban J connectivity index is 2.38. The zero-order valence-corrected chi connectivity index (χ0v) is 9.94. The molecule has 1 unspecified atom stereocenters. The van der Waals surface area contributed by atoms with Crippen molar-refractivity contribution in [1.29, 1.82) is 0 Å². The molecular weight excluding hydrogens is 204 g/mol. The van der Waals surface area contributed by atoms with E-state index in [4.69, 9.17) is 9.84 Å². The lowest BCUT2D eigenvalue weighted by atomic mass is 10.1. The van der Waals surface area contributed by atoms with Crippen LogP contribution in [0, 0.1) is 5.92 Å². The first-order valence-electron chi connectivity index (χ1n) is 5.69. The minimum absolute atomic E-state index is 0.00962. The van der Waals surface area contributed by atoms with E-state index in [1.54, 1.807) is 12.3 Å². The van der Waals surface area contributed by atoms with Crippen LogP contribution in [0.2, 0.25) is 0 Å². The number of anilines is 1. The monoisotopic (exact) mass is 224 g/mol. The number of aliphatic hydroxyl groups excluding tert-OH is 1. The van der Waals surface area contributed by atoms with Gasteiger partial charge < -0.3 is 15.2 Å². The van der Waals surface area contributed by atoms with Gasteiger partial charge in [-0.25, -0.2) is 4.98 Å². The van der Waals surface area contributed by atoms with Crippen LogP contribution in [-0.2, 0) is 0 Å². The van der Waals surface area contributed by atoms with Crippen molar-refractivity contribution in [1.82, 2.24) is 4.98 Å². The van der Waals surface area contributed by atoms with Gasteiger partial charge >= 0.3 is 0 Å². The summed E-state index contributed by atoms with van der Waals surface area (Å²) in [6, 6.07) is 3.73. The Morgan fingerprint density at radius 3 is 2.88 bits per heavy atom. The molecule has 0 saturated carbocycles. The number of nitrogens with zero attached hydrogens (tertiary/aromatic N) is 1. The van der Waals surface area contributed by atoms with Crippen LogP contribution in [0.15, 0.2) is 18.3 Å². The fraction of sp³-hybridized carbons (Fsp3) is 0.583. The average molecular weight is 224 g/mol. The van der Waals surface area contributed by atoms with Gasteiger partial charge in [0.1, 0.15) is 6.61 Å². The van der Waals surface area contributed by atoms with Crippen molar-refractivity contribution in [3.8, 4) is 5.88 Å². The van der Waals surface area contributed by atoms with Crippen LogP contribution in [-0.4, -0.2) is 29.8 Å². The lowest BCUT2D eigenvalue weighted by molar-refractivity contribution is 0.196. The minimum atomic E-state index is 0.00962. The van der Waals surface area contributed by atoms with Gasteiger partial charge in [0, 0.05) is 12.6 Å². The summed E-state index contributed by atoms with van der Waals surface area (Å²) in [5.74, 6) is 1.20. The van der Waals surface area contributed by atoms with Crippen molar-refractivity contribution in [2.24, 2.45) is 5.92 Å². The van der Waals surface area contributed by atoms with E-state index in [-0.39, 0.29) is 13.2 Å². The third-order valence-corrected chi connectivity index (χ3v) is 2.43. The number of hydrogen-bond acceptors (Lipinski definition) is 4. The van der Waals surface area contributed by atoms with Crippen LogP contribution < -0.4 is 10.1 Å². The predicted octanol–water partition coefficient (Wildman–Crippen LogP) is 1.91. The highest BCUT2D eigenvalue weighted by atomic mass is 16.5. The molecular formula is C12H20N2O2. The number of aromatic nitrogens is 1. The molecule has 1 aromatic heterocycles. The summed E-state index contributed by atoms with van der Waals surface area (Å²) in [5, 5.41) is 11.9. The maximum absolute atomic E-state index is 8.59. The first-order valence-corrected chi connectivity index (χ1v) is 5.69. The van der Waals surface area contributed by atoms with Crippen LogP contribution >= 0.6 is 0 Å². The Morgan fingerprint density at radius 1 is 1.50 bits per heavy atom. The highest BCUT2D eigenvalue weighted by Crippen LogP contribution is 2.12. The smallest absolute Gasteiger partial charge is 0.213 e. The summed E-state index contributed by atoms with van der Waals surface area (Å²) in [6.07, 6.45) is 2.91. The fourth-order valence-electron chi connectivity index (χ4n) is 1.16. The molecule has 4 nitrogen and oxygen atoms in total. The fourth-order valence-corrected chi connectivity index (χ4v) is 1.16. The summed E-state index contributed by atoms with van der Waals surface area (Å²) >= 11 is 0. The lowest BCUT2D eigenvalue weighted by Gasteiger charge is -2.11. The molecule has 1 aromatic rings. The summed E-state index contributed by atoms with van der Waals surface area (Å²) in [7, 11) is 0. The Kier molecular flexibility index (Phi) is 5.64. The maximum Gasteiger partial charge on any atom is 0.213 e. The largest absolute Gasteiger partial charge is 0.475 e. The molecule has 1 heterocycles. The van der Waals surface area contributed by atoms with Crippen molar-refractivity contribution < 1.29 is 9.84 Å². The summed E-state index contributed by atoms with van der Waals surface area (Å²) in [6.45, 7) is 5.63. The van der Waals surface area contributed by atoms with Gasteiger partial charge in [0.05, 0.1) is 18.5 Å². The maximum atomic E-state index is 8.59. The second kappa shape index (κ2) is 7.06. The van der Waals surface area contributed by atoms with Crippen LogP contribution in [0.4, 0.5) is 5.69 Å². The van der Waals surface area contributed by atoms with E-state index >= 15 is 0 Å². The third kappa shape index (κ3) is 4.49. The standard InChI is InChI=1S/C12H20N2O2/c1-3-10(2)8-13-11-4-5-12(14-9-11)16-7-6-15/h4-5,9-10,13,15H,3,6-8H2,1-2H3. The molecule has 90 valence electrons. The van der Waals surface area contributed by atoms with Crippen molar-refractivity contribution in [3.05, 3.63) is 18.3 Å². The quantitative estimate of drug-likeness (QED) is 0.743. The zero-order valence-electron chi connectivity index (χ0n) is 9.94. The van der Waals surface area contributed by atoms with Crippen molar-refractivity contribution in [3.63, 3.8) is 0 Å². The molecule has 0 aromatic carbocycles. The van der Waals surface area contributed by atoms with E-state index in [9.17, 15) is 0 Å². The summed E-state index contributed by atoms with van der Waals surface area (Å²) < 4.78 is 5.17. The van der Waals surface area contributed by atoms with E-state index < -0.39 is 0 Å². The summed E-state index contributed by atoms with van der Waals surface area (Å²) in [4.78, 5) is 4.12. The Bertz CT molecular complexity index is 288. The zero-order chi connectivity index (χ0) is 11.8. The number of aliphatic hydroxyl groups is 1. The van der Waals surface area contributed by atoms with Gasteiger partial charge in [-0.15, -0.1) is 0 Å². The molecule has 1 atom stereocenters. The Hall–Kier alpha value is -1.29. The molecule has 2 N–H and O–H groups in total. The summed E-state index contributed by atoms with van der Waals surface area (Å²) in [5.41, 5.74) is 0.997. The molecule has 0 amide bonds. The van der Waals surface area contributed by atoms with Crippen molar-refractivity contribution in [2.75, 3.05) is 25.1 Å². The number of hydrogen-bond donors (Lipinski definition) is 2. The molecule has 1 rings (SSSR count). The Morgan fingerprint density at radius 2 is 2.31 bits per heavy atom. The molecule has 0 aliphatic heterocycles. The van der Waals surface area contributed by atoms with Crippen molar-refractivity contribution in [2.45, 2.75) is 20.3 Å². The topological polar surface area (TPSA) is 54.4 Å².